The summed E-state index contributed by atoms with van der Waals surface area (Å²) in [4.78, 5) is 4.14. The predicted octanol–water partition coefficient (Wildman–Crippen LogP) is 3.77. The molecule has 0 saturated heterocycles. The number of rotatable bonds is 5. The Balaban J connectivity index is 2.11. The Bertz CT molecular complexity index is 574. The van der Waals surface area contributed by atoms with E-state index < -0.39 is 0 Å². The number of benzene rings is 1. The molecule has 2 aromatic rings. The van der Waals surface area contributed by atoms with Crippen molar-refractivity contribution in [1.82, 2.24) is 10.3 Å². The first-order valence-corrected chi connectivity index (χ1v) is 6.98. The van der Waals surface area contributed by atoms with Crippen LogP contribution in [0.4, 0.5) is 0 Å². The fourth-order valence-corrected chi connectivity index (χ4v) is 1.78. The highest BCUT2D eigenvalue weighted by atomic mass is 16.5. The molecule has 0 aliphatic heterocycles. The first kappa shape index (κ1) is 15.3. The zero-order chi connectivity index (χ0) is 15.3. The van der Waals surface area contributed by atoms with Gasteiger partial charge in [0.2, 0.25) is 0 Å². The Kier molecular flexibility index (Phi) is 4.81. The lowest BCUT2D eigenvalue weighted by Crippen LogP contribution is -2.35. The minimum atomic E-state index is 0.0562. The molecule has 0 unspecified atom stereocenters. The second-order valence-electron chi connectivity index (χ2n) is 5.86. The lowest BCUT2D eigenvalue weighted by molar-refractivity contribution is 0.408. The molecule has 1 aromatic heterocycles. The number of hydrogen-bond donors (Lipinski definition) is 1. The molecule has 4 nitrogen and oxygen atoms in total. The van der Waals surface area contributed by atoms with Crippen molar-refractivity contribution in [3.8, 4) is 17.2 Å². The van der Waals surface area contributed by atoms with E-state index in [0.717, 1.165) is 29.4 Å². The van der Waals surface area contributed by atoms with Crippen LogP contribution >= 0.6 is 0 Å². The van der Waals surface area contributed by atoms with Crippen molar-refractivity contribution >= 4 is 0 Å². The Labute approximate surface area is 126 Å². The van der Waals surface area contributed by atoms with Crippen LogP contribution in [0.5, 0.6) is 17.2 Å². The van der Waals surface area contributed by atoms with Crippen LogP contribution in [0.1, 0.15) is 26.3 Å². The van der Waals surface area contributed by atoms with Gasteiger partial charge < -0.3 is 14.8 Å². The number of ether oxygens (including phenoxy) is 2. The molecule has 2 rings (SSSR count). The Hall–Kier alpha value is -2.07. The highest BCUT2D eigenvalue weighted by molar-refractivity contribution is 5.37. The Morgan fingerprint density at radius 2 is 1.71 bits per heavy atom. The molecule has 4 heteroatoms. The van der Waals surface area contributed by atoms with Gasteiger partial charge in [0, 0.05) is 23.8 Å². The van der Waals surface area contributed by atoms with Gasteiger partial charge in [-0.1, -0.05) is 0 Å². The molecule has 0 spiro atoms. The molecule has 0 radical (unpaired) electrons. The maximum absolute atomic E-state index is 5.92. The van der Waals surface area contributed by atoms with E-state index in [1.807, 2.05) is 30.3 Å². The van der Waals surface area contributed by atoms with E-state index in [4.69, 9.17) is 9.47 Å². The summed E-state index contributed by atoms with van der Waals surface area (Å²) >= 11 is 0. The second-order valence-corrected chi connectivity index (χ2v) is 5.86. The van der Waals surface area contributed by atoms with Crippen molar-refractivity contribution in [3.05, 3.63) is 48.3 Å². The Morgan fingerprint density at radius 1 is 1.05 bits per heavy atom. The third kappa shape index (κ3) is 4.76. The van der Waals surface area contributed by atoms with Gasteiger partial charge in [0.1, 0.15) is 17.2 Å². The van der Waals surface area contributed by atoms with Crippen LogP contribution < -0.4 is 14.8 Å². The van der Waals surface area contributed by atoms with Gasteiger partial charge in [-0.05, 0) is 51.1 Å². The molecule has 112 valence electrons. The molecular weight excluding hydrogens is 264 g/mol. The quantitative estimate of drug-likeness (QED) is 0.908. The molecule has 0 aliphatic carbocycles. The highest BCUT2D eigenvalue weighted by Gasteiger charge is 2.11. The van der Waals surface area contributed by atoms with Crippen LogP contribution in [-0.2, 0) is 6.54 Å². The lowest BCUT2D eigenvalue weighted by atomic mass is 10.1. The van der Waals surface area contributed by atoms with Gasteiger partial charge in [-0.25, -0.2) is 0 Å². The first-order valence-electron chi connectivity index (χ1n) is 6.98. The van der Waals surface area contributed by atoms with E-state index in [9.17, 15) is 0 Å². The molecular formula is C17H22N2O2. The summed E-state index contributed by atoms with van der Waals surface area (Å²) in [5.41, 5.74) is 1.14. The second kappa shape index (κ2) is 6.59. The Morgan fingerprint density at radius 3 is 2.33 bits per heavy atom. The first-order chi connectivity index (χ1) is 9.98. The summed E-state index contributed by atoms with van der Waals surface area (Å²) in [7, 11) is 1.65. The molecule has 0 aliphatic rings. The normalized spacial score (nSPS) is 11.2. The number of aromatic nitrogens is 1. The van der Waals surface area contributed by atoms with Crippen LogP contribution in [0, 0.1) is 0 Å². The molecule has 0 amide bonds. The summed E-state index contributed by atoms with van der Waals surface area (Å²) in [6, 6.07) is 9.48. The molecule has 0 bridgehead atoms. The summed E-state index contributed by atoms with van der Waals surface area (Å²) in [6.45, 7) is 7.14. The third-order valence-electron chi connectivity index (χ3n) is 2.97. The van der Waals surface area contributed by atoms with Gasteiger partial charge in [0.25, 0.3) is 0 Å². The van der Waals surface area contributed by atoms with Crippen LogP contribution in [0.25, 0.3) is 0 Å². The third-order valence-corrected chi connectivity index (χ3v) is 2.97. The summed E-state index contributed by atoms with van der Waals surface area (Å²) in [5.74, 6) is 2.34. The minimum Gasteiger partial charge on any atom is -0.497 e. The maximum atomic E-state index is 5.92. The van der Waals surface area contributed by atoms with Crippen molar-refractivity contribution in [3.63, 3.8) is 0 Å². The number of nitrogens with zero attached hydrogens (tertiary/aromatic N) is 1. The molecule has 1 heterocycles. The fraction of sp³-hybridized carbons (Fsp3) is 0.353. The van der Waals surface area contributed by atoms with E-state index in [1.165, 1.54) is 0 Å². The van der Waals surface area contributed by atoms with Crippen molar-refractivity contribution in [1.29, 1.82) is 0 Å². The van der Waals surface area contributed by atoms with Crippen molar-refractivity contribution in [2.24, 2.45) is 0 Å². The summed E-state index contributed by atoms with van der Waals surface area (Å²) in [6.07, 6.45) is 3.52. The van der Waals surface area contributed by atoms with E-state index in [-0.39, 0.29) is 5.54 Å². The van der Waals surface area contributed by atoms with Crippen LogP contribution in [0.3, 0.4) is 0 Å². The van der Waals surface area contributed by atoms with Crippen LogP contribution in [0.2, 0.25) is 0 Å². The van der Waals surface area contributed by atoms with Gasteiger partial charge in [-0.15, -0.1) is 0 Å². The molecule has 0 saturated carbocycles. The lowest BCUT2D eigenvalue weighted by Gasteiger charge is -2.21. The smallest absolute Gasteiger partial charge is 0.150 e. The number of hydrogen-bond acceptors (Lipinski definition) is 4. The fourth-order valence-electron chi connectivity index (χ4n) is 1.78. The van der Waals surface area contributed by atoms with Gasteiger partial charge in [-0.3, -0.25) is 4.98 Å². The number of pyridine rings is 1. The molecule has 1 N–H and O–H groups in total. The summed E-state index contributed by atoms with van der Waals surface area (Å²) < 4.78 is 11.1. The molecule has 21 heavy (non-hydrogen) atoms. The zero-order valence-corrected chi connectivity index (χ0v) is 13.0. The van der Waals surface area contributed by atoms with Crippen molar-refractivity contribution in [2.45, 2.75) is 32.9 Å². The molecule has 1 aromatic carbocycles. The van der Waals surface area contributed by atoms with E-state index in [1.54, 1.807) is 19.5 Å². The van der Waals surface area contributed by atoms with Crippen molar-refractivity contribution in [2.75, 3.05) is 7.11 Å². The topological polar surface area (TPSA) is 43.4 Å². The van der Waals surface area contributed by atoms with E-state index in [0.29, 0.717) is 0 Å². The average molecular weight is 286 g/mol. The van der Waals surface area contributed by atoms with E-state index >= 15 is 0 Å². The molecule has 0 fully saturated rings. The SMILES string of the molecule is COc1ccc(Oc2cnccc2CNC(C)(C)C)cc1. The molecule has 0 atom stereocenters. The highest BCUT2D eigenvalue weighted by Crippen LogP contribution is 2.26. The van der Waals surface area contributed by atoms with E-state index in [2.05, 4.69) is 31.1 Å². The predicted molar refractivity (Wildman–Crippen MR) is 83.9 cm³/mol. The summed E-state index contributed by atoms with van der Waals surface area (Å²) in [5, 5.41) is 3.45. The van der Waals surface area contributed by atoms with Crippen molar-refractivity contribution < 1.29 is 9.47 Å². The van der Waals surface area contributed by atoms with Gasteiger partial charge in [0.15, 0.2) is 0 Å². The number of methoxy groups -OCH3 is 1. The monoisotopic (exact) mass is 286 g/mol. The average Bonchev–Trinajstić information content (AvgIpc) is 2.46. The van der Waals surface area contributed by atoms with Gasteiger partial charge in [0.05, 0.1) is 13.3 Å². The van der Waals surface area contributed by atoms with Crippen LogP contribution in [-0.4, -0.2) is 17.6 Å². The minimum absolute atomic E-state index is 0.0562. The van der Waals surface area contributed by atoms with Gasteiger partial charge >= 0.3 is 0 Å². The largest absolute Gasteiger partial charge is 0.497 e. The van der Waals surface area contributed by atoms with Gasteiger partial charge in [-0.2, -0.15) is 0 Å². The number of nitrogens with one attached hydrogen (secondary N) is 1. The standard InChI is InChI=1S/C17H22N2O2/c1-17(2,3)19-11-13-9-10-18-12-16(13)21-15-7-5-14(20-4)6-8-15/h5-10,12,19H,11H2,1-4H3. The van der Waals surface area contributed by atoms with Crippen LogP contribution in [0.15, 0.2) is 42.7 Å². The maximum Gasteiger partial charge on any atom is 0.150 e. The zero-order valence-electron chi connectivity index (χ0n) is 13.0.